The Morgan fingerprint density at radius 3 is 2.42 bits per heavy atom. The third-order valence-electron chi connectivity index (χ3n) is 4.57. The van der Waals surface area contributed by atoms with Crippen LogP contribution >= 0.6 is 0 Å². The second-order valence-corrected chi connectivity index (χ2v) is 6.88. The summed E-state index contributed by atoms with van der Waals surface area (Å²) in [7, 11) is 1.63. The van der Waals surface area contributed by atoms with E-state index in [1.165, 1.54) is 46.8 Å². The number of halogens is 3. The molecule has 13 heteroatoms. The van der Waals surface area contributed by atoms with Crippen molar-refractivity contribution >= 4 is 29.3 Å². The number of benzene rings is 1. The fraction of sp³-hybridized carbons (Fsp3) is 0.350. The van der Waals surface area contributed by atoms with Crippen molar-refractivity contribution in [2.75, 3.05) is 33.4 Å². The summed E-state index contributed by atoms with van der Waals surface area (Å²) >= 11 is 0. The summed E-state index contributed by atoms with van der Waals surface area (Å²) in [6.45, 7) is 0.782. The van der Waals surface area contributed by atoms with Crippen molar-refractivity contribution < 1.29 is 32.3 Å². The summed E-state index contributed by atoms with van der Waals surface area (Å²) in [6.07, 6.45) is -2.34. The van der Waals surface area contributed by atoms with Gasteiger partial charge in [-0.2, -0.15) is 13.2 Å². The van der Waals surface area contributed by atoms with Crippen molar-refractivity contribution in [2.45, 2.75) is 12.2 Å². The van der Waals surface area contributed by atoms with E-state index in [-0.39, 0.29) is 36.5 Å². The average Bonchev–Trinajstić information content (AvgIpc) is 2.80. The van der Waals surface area contributed by atoms with Gasteiger partial charge in [0.2, 0.25) is 0 Å². The lowest BCUT2D eigenvalue weighted by Gasteiger charge is -2.35. The number of morpholine rings is 1. The highest BCUT2D eigenvalue weighted by atomic mass is 19.4. The second kappa shape index (κ2) is 11.2. The summed E-state index contributed by atoms with van der Waals surface area (Å²) in [5, 5.41) is 22.2. The lowest BCUT2D eigenvalue weighted by molar-refractivity contribution is -0.171. The zero-order valence-corrected chi connectivity index (χ0v) is 17.6. The molecule has 3 amide bonds. The Morgan fingerprint density at radius 2 is 1.82 bits per heavy atom. The molecule has 1 fully saturated rings. The molecule has 1 unspecified atom stereocenters. The van der Waals surface area contributed by atoms with Gasteiger partial charge in [0.1, 0.15) is 11.5 Å². The van der Waals surface area contributed by atoms with Gasteiger partial charge in [-0.3, -0.25) is 25.2 Å². The van der Waals surface area contributed by atoms with Crippen LogP contribution in [0, 0.1) is 10.8 Å². The molecule has 1 aliphatic heterocycles. The molecular weight excluding hydrogens is 445 g/mol. The van der Waals surface area contributed by atoms with Gasteiger partial charge in [-0.25, -0.2) is 0 Å². The van der Waals surface area contributed by atoms with Gasteiger partial charge in [-0.15, -0.1) is 0 Å². The monoisotopic (exact) mass is 468 g/mol. The van der Waals surface area contributed by atoms with Gasteiger partial charge in [0.05, 0.1) is 19.3 Å². The molecule has 1 atom stereocenters. The highest BCUT2D eigenvalue weighted by Gasteiger charge is 2.39. The van der Waals surface area contributed by atoms with E-state index < -0.39 is 35.8 Å². The SMILES string of the molecule is CN/C=C\C(=N)C(=O)N1CCOCC1CNC(=O)c1ccc(C(=N)NC(=O)C(F)(F)F)cc1. The Balaban J connectivity index is 1.97. The van der Waals surface area contributed by atoms with Crippen molar-refractivity contribution in [1.82, 2.24) is 20.9 Å². The van der Waals surface area contributed by atoms with Gasteiger partial charge >= 0.3 is 12.1 Å². The predicted octanol–water partition coefficient (Wildman–Crippen LogP) is 0.401. The van der Waals surface area contributed by atoms with E-state index in [4.69, 9.17) is 15.6 Å². The molecular formula is C20H23F3N6O4. The van der Waals surface area contributed by atoms with Gasteiger partial charge in [-0.1, -0.05) is 12.1 Å². The fourth-order valence-electron chi connectivity index (χ4n) is 2.84. The zero-order valence-electron chi connectivity index (χ0n) is 17.6. The molecule has 33 heavy (non-hydrogen) atoms. The number of hydrogen-bond donors (Lipinski definition) is 5. The standard InChI is InChI=1S/C20H23F3N6O4/c1-26-7-6-15(24)18(31)29-8-9-33-11-14(29)10-27-17(30)13-4-2-12(3-5-13)16(25)28-19(32)20(21,22)23/h2-7,14,24,26H,8-11H2,1H3,(H,27,30)(H2,25,28,32)/b7-6-,24-15?. The van der Waals surface area contributed by atoms with E-state index in [1.807, 2.05) is 0 Å². The molecule has 1 aromatic rings. The summed E-state index contributed by atoms with van der Waals surface area (Å²) in [5.41, 5.74) is -0.0824. The summed E-state index contributed by atoms with van der Waals surface area (Å²) < 4.78 is 42.3. The number of nitrogens with zero attached hydrogens (tertiary/aromatic N) is 1. The van der Waals surface area contributed by atoms with E-state index in [0.29, 0.717) is 6.61 Å². The van der Waals surface area contributed by atoms with Crippen LogP contribution in [0.15, 0.2) is 36.5 Å². The van der Waals surface area contributed by atoms with Crippen molar-refractivity contribution in [1.29, 1.82) is 10.8 Å². The van der Waals surface area contributed by atoms with E-state index in [9.17, 15) is 27.6 Å². The summed E-state index contributed by atoms with van der Waals surface area (Å²) in [4.78, 5) is 37.3. The number of ether oxygens (including phenoxy) is 1. The molecule has 5 N–H and O–H groups in total. The van der Waals surface area contributed by atoms with Crippen molar-refractivity contribution in [3.63, 3.8) is 0 Å². The third-order valence-corrected chi connectivity index (χ3v) is 4.57. The first-order chi connectivity index (χ1) is 15.5. The summed E-state index contributed by atoms with van der Waals surface area (Å²) in [6, 6.07) is 4.53. The number of alkyl halides is 3. The molecule has 0 radical (unpaired) electrons. The fourth-order valence-corrected chi connectivity index (χ4v) is 2.84. The van der Waals surface area contributed by atoms with Crippen LogP contribution in [-0.4, -0.2) is 79.7 Å². The maximum Gasteiger partial charge on any atom is 0.471 e. The third kappa shape index (κ3) is 7.14. The molecule has 1 aliphatic rings. The maximum atomic E-state index is 12.5. The topological polar surface area (TPSA) is 147 Å². The number of amidine groups is 1. The smallest absolute Gasteiger partial charge is 0.394 e. The van der Waals surface area contributed by atoms with Crippen LogP contribution in [0.25, 0.3) is 0 Å². The lowest BCUT2D eigenvalue weighted by atomic mass is 10.1. The Morgan fingerprint density at radius 1 is 1.18 bits per heavy atom. The van der Waals surface area contributed by atoms with E-state index in [1.54, 1.807) is 7.05 Å². The van der Waals surface area contributed by atoms with Gasteiger partial charge in [-0.05, 0) is 24.4 Å². The van der Waals surface area contributed by atoms with Crippen molar-refractivity contribution in [3.8, 4) is 0 Å². The molecule has 1 saturated heterocycles. The number of carbonyl (C=O) groups is 3. The molecule has 1 aromatic carbocycles. The van der Waals surface area contributed by atoms with Gasteiger partial charge in [0, 0.05) is 31.3 Å². The Labute approximate surface area is 187 Å². The van der Waals surface area contributed by atoms with Gasteiger partial charge < -0.3 is 25.6 Å². The van der Waals surface area contributed by atoms with Crippen LogP contribution in [0.4, 0.5) is 13.2 Å². The Kier molecular flexibility index (Phi) is 8.68. The predicted molar refractivity (Wildman–Crippen MR) is 112 cm³/mol. The lowest BCUT2D eigenvalue weighted by Crippen LogP contribution is -2.55. The summed E-state index contributed by atoms with van der Waals surface area (Å²) in [5.74, 6) is -4.05. The molecule has 178 valence electrons. The molecule has 1 heterocycles. The number of rotatable bonds is 7. The number of hydrogen-bond acceptors (Lipinski definition) is 7. The minimum absolute atomic E-state index is 0.0188. The molecule has 0 aromatic heterocycles. The normalized spacial score (nSPS) is 16.2. The number of carbonyl (C=O) groups excluding carboxylic acids is 3. The Bertz CT molecular complexity index is 946. The molecule has 0 aliphatic carbocycles. The molecule has 0 saturated carbocycles. The van der Waals surface area contributed by atoms with Crippen LogP contribution in [0.3, 0.4) is 0 Å². The van der Waals surface area contributed by atoms with Crippen LogP contribution in [0.2, 0.25) is 0 Å². The zero-order chi connectivity index (χ0) is 24.6. The van der Waals surface area contributed by atoms with E-state index in [2.05, 4.69) is 10.6 Å². The van der Waals surface area contributed by atoms with Gasteiger partial charge in [0.15, 0.2) is 0 Å². The minimum atomic E-state index is -5.12. The highest BCUT2D eigenvalue weighted by Crippen LogP contribution is 2.15. The first-order valence-corrected chi connectivity index (χ1v) is 9.71. The van der Waals surface area contributed by atoms with E-state index in [0.717, 1.165) is 0 Å². The maximum absolute atomic E-state index is 12.5. The van der Waals surface area contributed by atoms with Crippen LogP contribution in [0.5, 0.6) is 0 Å². The average molecular weight is 468 g/mol. The molecule has 0 spiro atoms. The van der Waals surface area contributed by atoms with Crippen LogP contribution in [-0.2, 0) is 14.3 Å². The number of nitrogens with one attached hydrogen (secondary N) is 5. The Hall–Kier alpha value is -3.74. The van der Waals surface area contributed by atoms with Crippen molar-refractivity contribution in [2.24, 2.45) is 0 Å². The molecule has 0 bridgehead atoms. The highest BCUT2D eigenvalue weighted by molar-refractivity contribution is 6.42. The first kappa shape index (κ1) is 25.5. The quantitative estimate of drug-likeness (QED) is 0.290. The first-order valence-electron chi connectivity index (χ1n) is 9.71. The molecule has 10 nitrogen and oxygen atoms in total. The van der Waals surface area contributed by atoms with E-state index >= 15 is 0 Å². The van der Waals surface area contributed by atoms with Crippen molar-refractivity contribution in [3.05, 3.63) is 47.7 Å². The molecule has 2 rings (SSSR count). The van der Waals surface area contributed by atoms with Crippen LogP contribution in [0.1, 0.15) is 15.9 Å². The van der Waals surface area contributed by atoms with Crippen LogP contribution < -0.4 is 16.0 Å². The second-order valence-electron chi connectivity index (χ2n) is 6.88. The minimum Gasteiger partial charge on any atom is -0.394 e. The number of amides is 3. The van der Waals surface area contributed by atoms with Gasteiger partial charge in [0.25, 0.3) is 11.8 Å². The largest absolute Gasteiger partial charge is 0.471 e.